The van der Waals surface area contributed by atoms with Gasteiger partial charge in [0.2, 0.25) is 0 Å². The van der Waals surface area contributed by atoms with E-state index in [0.717, 1.165) is 17.1 Å². The summed E-state index contributed by atoms with van der Waals surface area (Å²) in [6.07, 6.45) is 7.27. The van der Waals surface area contributed by atoms with Gasteiger partial charge < -0.3 is 21.5 Å². The summed E-state index contributed by atoms with van der Waals surface area (Å²) in [6, 6.07) is 8.03. The first kappa shape index (κ1) is 17.0. The summed E-state index contributed by atoms with van der Waals surface area (Å²) in [6.45, 7) is 9.07. The molecule has 0 aliphatic carbocycles. The highest BCUT2D eigenvalue weighted by Gasteiger charge is 2.35. The zero-order chi connectivity index (χ0) is 13.8. The molecule has 0 radical (unpaired) electrons. The SMILES string of the molecule is Clc1ccccc1/C=C/CN1CC[N+]2(CCCC2)CC1.[Br-]. The Labute approximate surface area is 143 Å². The Bertz CT molecular complexity index is 473. The fraction of sp³-hybridized carbons (Fsp3) is 0.529. The van der Waals surface area contributed by atoms with Crippen molar-refractivity contribution in [3.63, 3.8) is 0 Å². The van der Waals surface area contributed by atoms with Gasteiger partial charge >= 0.3 is 0 Å². The van der Waals surface area contributed by atoms with Crippen LogP contribution in [0.1, 0.15) is 18.4 Å². The number of quaternary nitrogens is 1. The molecule has 0 unspecified atom stereocenters. The average molecular weight is 372 g/mol. The highest BCUT2D eigenvalue weighted by atomic mass is 79.9. The van der Waals surface area contributed by atoms with E-state index in [1.165, 1.54) is 56.6 Å². The molecule has 1 spiro atoms. The highest BCUT2D eigenvalue weighted by Crippen LogP contribution is 2.22. The monoisotopic (exact) mass is 370 g/mol. The van der Waals surface area contributed by atoms with Crippen molar-refractivity contribution >= 4 is 17.7 Å². The molecule has 4 heteroatoms. The van der Waals surface area contributed by atoms with Gasteiger partial charge in [-0.2, -0.15) is 0 Å². The molecular weight excluding hydrogens is 348 g/mol. The van der Waals surface area contributed by atoms with E-state index in [1.54, 1.807) is 0 Å². The van der Waals surface area contributed by atoms with E-state index < -0.39 is 0 Å². The lowest BCUT2D eigenvalue weighted by atomic mass is 10.2. The highest BCUT2D eigenvalue weighted by molar-refractivity contribution is 6.32. The molecule has 0 N–H and O–H groups in total. The molecule has 1 aromatic rings. The van der Waals surface area contributed by atoms with Crippen LogP contribution in [0.25, 0.3) is 6.08 Å². The Balaban J connectivity index is 0.00000161. The van der Waals surface area contributed by atoms with Crippen LogP contribution in [0.15, 0.2) is 30.3 Å². The van der Waals surface area contributed by atoms with Crippen LogP contribution in [0.4, 0.5) is 0 Å². The smallest absolute Gasteiger partial charge is 0.0916 e. The predicted molar refractivity (Wildman–Crippen MR) is 85.9 cm³/mol. The van der Waals surface area contributed by atoms with Gasteiger partial charge in [0, 0.05) is 37.5 Å². The zero-order valence-corrected chi connectivity index (χ0v) is 14.8. The van der Waals surface area contributed by atoms with Crippen molar-refractivity contribution < 1.29 is 21.5 Å². The van der Waals surface area contributed by atoms with E-state index in [-0.39, 0.29) is 17.0 Å². The minimum absolute atomic E-state index is 0. The van der Waals surface area contributed by atoms with Crippen molar-refractivity contribution in [2.24, 2.45) is 0 Å². The normalized spacial score (nSPS) is 21.8. The summed E-state index contributed by atoms with van der Waals surface area (Å²) in [4.78, 5) is 2.56. The van der Waals surface area contributed by atoms with Crippen molar-refractivity contribution in [1.82, 2.24) is 4.90 Å². The van der Waals surface area contributed by atoms with Gasteiger partial charge in [0.1, 0.15) is 0 Å². The van der Waals surface area contributed by atoms with Gasteiger partial charge in [-0.3, -0.25) is 4.90 Å². The molecule has 3 rings (SSSR count). The van der Waals surface area contributed by atoms with Gasteiger partial charge in [0.25, 0.3) is 0 Å². The molecule has 1 aromatic carbocycles. The number of halogens is 2. The fourth-order valence-electron chi connectivity index (χ4n) is 3.51. The fourth-order valence-corrected chi connectivity index (χ4v) is 3.70. The third-order valence-corrected chi connectivity index (χ3v) is 5.21. The number of piperazine rings is 1. The molecular formula is C17H24BrClN2. The average Bonchev–Trinajstić information content (AvgIpc) is 2.92. The first-order valence-electron chi connectivity index (χ1n) is 7.76. The van der Waals surface area contributed by atoms with E-state index >= 15 is 0 Å². The van der Waals surface area contributed by atoms with Crippen LogP contribution in [0.3, 0.4) is 0 Å². The van der Waals surface area contributed by atoms with Crippen LogP contribution in [-0.4, -0.2) is 55.2 Å². The van der Waals surface area contributed by atoms with Crippen LogP contribution >= 0.6 is 11.6 Å². The van der Waals surface area contributed by atoms with Gasteiger partial charge in [0.05, 0.1) is 26.2 Å². The lowest BCUT2D eigenvalue weighted by molar-refractivity contribution is -0.920. The largest absolute Gasteiger partial charge is 1.00 e. The van der Waals surface area contributed by atoms with Crippen molar-refractivity contribution in [2.45, 2.75) is 12.8 Å². The minimum atomic E-state index is 0. The Morgan fingerprint density at radius 2 is 1.71 bits per heavy atom. The molecule has 0 amide bonds. The molecule has 2 aliphatic heterocycles. The summed E-state index contributed by atoms with van der Waals surface area (Å²) in [7, 11) is 0. The zero-order valence-electron chi connectivity index (χ0n) is 12.5. The summed E-state index contributed by atoms with van der Waals surface area (Å²) in [5.41, 5.74) is 1.12. The van der Waals surface area contributed by atoms with Crippen molar-refractivity contribution in [2.75, 3.05) is 45.8 Å². The third-order valence-electron chi connectivity index (χ3n) is 4.86. The Kier molecular flexibility index (Phi) is 6.30. The second-order valence-corrected chi connectivity index (χ2v) is 6.57. The molecule has 0 bridgehead atoms. The quantitative estimate of drug-likeness (QED) is 0.690. The third kappa shape index (κ3) is 4.32. The second kappa shape index (κ2) is 7.77. The first-order valence-corrected chi connectivity index (χ1v) is 8.14. The van der Waals surface area contributed by atoms with Crippen LogP contribution in [0.5, 0.6) is 0 Å². The van der Waals surface area contributed by atoms with E-state index in [2.05, 4.69) is 23.1 Å². The van der Waals surface area contributed by atoms with E-state index in [1.807, 2.05) is 18.2 Å². The van der Waals surface area contributed by atoms with Crippen molar-refractivity contribution in [3.05, 3.63) is 40.9 Å². The maximum Gasteiger partial charge on any atom is 0.0916 e. The van der Waals surface area contributed by atoms with Crippen LogP contribution in [-0.2, 0) is 0 Å². The summed E-state index contributed by atoms with van der Waals surface area (Å²) in [5, 5.41) is 0.837. The maximum absolute atomic E-state index is 6.16. The van der Waals surface area contributed by atoms with E-state index in [0.29, 0.717) is 0 Å². The van der Waals surface area contributed by atoms with Gasteiger partial charge in [-0.05, 0) is 11.6 Å². The van der Waals surface area contributed by atoms with Gasteiger partial charge in [-0.1, -0.05) is 42.0 Å². The number of benzene rings is 1. The Hall–Kier alpha value is -0.350. The number of hydrogen-bond donors (Lipinski definition) is 0. The summed E-state index contributed by atoms with van der Waals surface area (Å²) < 4.78 is 1.39. The van der Waals surface area contributed by atoms with Gasteiger partial charge in [-0.25, -0.2) is 0 Å². The molecule has 2 fully saturated rings. The topological polar surface area (TPSA) is 3.24 Å². The molecule has 2 saturated heterocycles. The lowest BCUT2D eigenvalue weighted by Gasteiger charge is -2.41. The molecule has 0 atom stereocenters. The standard InChI is InChI=1S/C17H24ClN2.BrH/c18-17-8-2-1-6-16(17)7-5-9-19-10-14-20(15-11-19)12-3-4-13-20;/h1-2,5-8H,3-4,9-15H2;1H/q+1;/p-1/b7-5+;. The summed E-state index contributed by atoms with van der Waals surface area (Å²) in [5.74, 6) is 0. The Morgan fingerprint density at radius 1 is 1.05 bits per heavy atom. The van der Waals surface area contributed by atoms with Crippen LogP contribution in [0, 0.1) is 0 Å². The van der Waals surface area contributed by atoms with Crippen LogP contribution < -0.4 is 17.0 Å². The van der Waals surface area contributed by atoms with E-state index in [4.69, 9.17) is 11.6 Å². The summed E-state index contributed by atoms with van der Waals surface area (Å²) >= 11 is 6.16. The van der Waals surface area contributed by atoms with E-state index in [9.17, 15) is 0 Å². The molecule has 21 heavy (non-hydrogen) atoms. The molecule has 0 aromatic heterocycles. The van der Waals surface area contributed by atoms with Gasteiger partial charge in [-0.15, -0.1) is 0 Å². The van der Waals surface area contributed by atoms with Crippen LogP contribution in [0.2, 0.25) is 5.02 Å². The molecule has 2 aliphatic rings. The van der Waals surface area contributed by atoms with Gasteiger partial charge in [0.15, 0.2) is 0 Å². The molecule has 2 heterocycles. The van der Waals surface area contributed by atoms with Crippen molar-refractivity contribution in [3.8, 4) is 0 Å². The van der Waals surface area contributed by atoms with Crippen molar-refractivity contribution in [1.29, 1.82) is 0 Å². The minimum Gasteiger partial charge on any atom is -1.00 e. The Morgan fingerprint density at radius 3 is 2.38 bits per heavy atom. The molecule has 116 valence electrons. The second-order valence-electron chi connectivity index (χ2n) is 6.17. The first-order chi connectivity index (χ1) is 9.77. The number of nitrogens with zero attached hydrogens (tertiary/aromatic N) is 2. The number of rotatable bonds is 3. The maximum atomic E-state index is 6.16. The number of hydrogen-bond acceptors (Lipinski definition) is 1. The lowest BCUT2D eigenvalue weighted by Crippen LogP contribution is -3.00. The molecule has 0 saturated carbocycles. The molecule has 2 nitrogen and oxygen atoms in total. The predicted octanol–water partition coefficient (Wildman–Crippen LogP) is 0.283.